The first kappa shape index (κ1) is 11.4. The van der Waals surface area contributed by atoms with Crippen molar-refractivity contribution in [1.29, 1.82) is 0 Å². The molecule has 0 aromatic rings. The molecular weight excluding hydrogens is 262 g/mol. The molecule has 2 rings (SSSR count). The van der Waals surface area contributed by atoms with Gasteiger partial charge in [-0.2, -0.15) is 0 Å². The molecule has 2 bridgehead atoms. The fourth-order valence-corrected chi connectivity index (χ4v) is 2.69. The van der Waals surface area contributed by atoms with Crippen LogP contribution in [0.3, 0.4) is 0 Å². The Kier molecular flexibility index (Phi) is 3.64. The number of nitrogens with one attached hydrogen (secondary N) is 1. The van der Waals surface area contributed by atoms with Crippen LogP contribution in [-0.4, -0.2) is 42.7 Å². The number of hydrogen-bond acceptors (Lipinski definition) is 4. The maximum absolute atomic E-state index is 11.1. The first-order chi connectivity index (χ1) is 7.20. The van der Waals surface area contributed by atoms with Gasteiger partial charge in [0.05, 0.1) is 19.3 Å². The van der Waals surface area contributed by atoms with Gasteiger partial charge in [0, 0.05) is 12.6 Å². The lowest BCUT2D eigenvalue weighted by atomic mass is 9.95. The van der Waals surface area contributed by atoms with Gasteiger partial charge in [-0.3, -0.25) is 4.79 Å². The second kappa shape index (κ2) is 4.80. The minimum atomic E-state index is -0.262. The molecule has 5 heteroatoms. The number of esters is 1. The Morgan fingerprint density at radius 3 is 3.00 bits per heavy atom. The lowest BCUT2D eigenvalue weighted by molar-refractivity contribution is -0.139. The second-order valence-corrected chi connectivity index (χ2v) is 5.22. The van der Waals surface area contributed by atoms with E-state index in [0.29, 0.717) is 24.8 Å². The minimum Gasteiger partial charge on any atom is -0.468 e. The highest BCUT2D eigenvalue weighted by atomic mass is 79.9. The molecule has 2 fully saturated rings. The molecule has 0 saturated carbocycles. The molecule has 0 amide bonds. The van der Waals surface area contributed by atoms with Gasteiger partial charge in [-0.1, -0.05) is 15.9 Å². The maximum Gasteiger partial charge on any atom is 0.320 e. The fraction of sp³-hybridized carbons (Fsp3) is 0.900. The average Bonchev–Trinajstić information content (AvgIpc) is 2.86. The van der Waals surface area contributed by atoms with E-state index in [9.17, 15) is 4.79 Å². The number of ether oxygens (including phenoxy) is 2. The van der Waals surface area contributed by atoms with Gasteiger partial charge in [-0.05, 0) is 19.3 Å². The quantitative estimate of drug-likeness (QED) is 0.611. The van der Waals surface area contributed by atoms with Gasteiger partial charge in [0.15, 0.2) is 0 Å². The van der Waals surface area contributed by atoms with E-state index in [1.54, 1.807) is 0 Å². The van der Waals surface area contributed by atoms with Crippen LogP contribution in [0.2, 0.25) is 0 Å². The first-order valence-corrected chi connectivity index (χ1v) is 6.23. The summed E-state index contributed by atoms with van der Waals surface area (Å²) in [5, 5.41) is 3.36. The van der Waals surface area contributed by atoms with E-state index in [1.165, 1.54) is 13.5 Å². The van der Waals surface area contributed by atoms with Gasteiger partial charge >= 0.3 is 5.97 Å². The van der Waals surface area contributed by atoms with Crippen LogP contribution in [0.4, 0.5) is 0 Å². The van der Waals surface area contributed by atoms with E-state index < -0.39 is 0 Å². The van der Waals surface area contributed by atoms with Crippen LogP contribution in [0.15, 0.2) is 0 Å². The van der Waals surface area contributed by atoms with Crippen LogP contribution < -0.4 is 5.32 Å². The van der Waals surface area contributed by atoms with Gasteiger partial charge in [-0.15, -0.1) is 0 Å². The van der Waals surface area contributed by atoms with Crippen LogP contribution >= 0.6 is 15.9 Å². The molecular formula is C10H16BrNO3. The Hall–Kier alpha value is -0.130. The number of carbonyl (C=O) groups is 1. The second-order valence-electron chi connectivity index (χ2n) is 4.12. The molecule has 0 spiro atoms. The molecule has 2 saturated heterocycles. The zero-order valence-corrected chi connectivity index (χ0v) is 10.3. The smallest absolute Gasteiger partial charge is 0.320 e. The molecule has 2 aliphatic heterocycles. The van der Waals surface area contributed by atoms with Gasteiger partial charge in [0.1, 0.15) is 4.83 Å². The SMILES string of the molecule is COC(=O)C(Br)CNC1CC2CCC1O2. The van der Waals surface area contributed by atoms with Crippen molar-refractivity contribution >= 4 is 21.9 Å². The van der Waals surface area contributed by atoms with Crippen molar-refractivity contribution in [3.63, 3.8) is 0 Å². The summed E-state index contributed by atoms with van der Waals surface area (Å²) < 4.78 is 10.3. The molecule has 4 nitrogen and oxygen atoms in total. The third-order valence-corrected chi connectivity index (χ3v) is 3.82. The van der Waals surface area contributed by atoms with Crippen LogP contribution in [0.25, 0.3) is 0 Å². The van der Waals surface area contributed by atoms with E-state index in [0.717, 1.165) is 12.8 Å². The fourth-order valence-electron chi connectivity index (χ4n) is 2.32. The van der Waals surface area contributed by atoms with E-state index in [2.05, 4.69) is 26.0 Å². The van der Waals surface area contributed by atoms with Crippen molar-refractivity contribution in [3.8, 4) is 0 Å². The number of alkyl halides is 1. The summed E-state index contributed by atoms with van der Waals surface area (Å²) in [6.45, 7) is 0.601. The average molecular weight is 278 g/mol. The Morgan fingerprint density at radius 2 is 2.47 bits per heavy atom. The molecule has 86 valence electrons. The van der Waals surface area contributed by atoms with E-state index in [-0.39, 0.29) is 10.8 Å². The number of fused-ring (bicyclic) bond motifs is 2. The van der Waals surface area contributed by atoms with Gasteiger partial charge in [0.25, 0.3) is 0 Å². The molecule has 0 radical (unpaired) electrons. The summed E-state index contributed by atoms with van der Waals surface area (Å²) in [6.07, 6.45) is 4.21. The zero-order chi connectivity index (χ0) is 10.8. The number of carbonyl (C=O) groups excluding carboxylic acids is 1. The van der Waals surface area contributed by atoms with Crippen molar-refractivity contribution in [2.45, 2.75) is 42.3 Å². The van der Waals surface area contributed by atoms with Crippen LogP contribution in [0.5, 0.6) is 0 Å². The van der Waals surface area contributed by atoms with E-state index in [4.69, 9.17) is 4.74 Å². The highest BCUT2D eigenvalue weighted by Crippen LogP contribution is 2.34. The largest absolute Gasteiger partial charge is 0.468 e. The predicted molar refractivity (Wildman–Crippen MR) is 59.0 cm³/mol. The van der Waals surface area contributed by atoms with E-state index >= 15 is 0 Å². The summed E-state index contributed by atoms with van der Waals surface area (Å²) in [4.78, 5) is 10.9. The van der Waals surface area contributed by atoms with Crippen LogP contribution in [-0.2, 0) is 14.3 Å². The standard InChI is InChI=1S/C10H16BrNO3/c1-14-10(13)7(11)5-12-8-4-6-2-3-9(8)15-6/h6-9,12H,2-5H2,1H3. The maximum atomic E-state index is 11.1. The highest BCUT2D eigenvalue weighted by Gasteiger charge is 2.40. The Bertz CT molecular complexity index is 249. The molecule has 2 aliphatic rings. The third kappa shape index (κ3) is 2.52. The van der Waals surface area contributed by atoms with Crippen molar-refractivity contribution in [1.82, 2.24) is 5.32 Å². The number of methoxy groups -OCH3 is 1. The topological polar surface area (TPSA) is 47.6 Å². The van der Waals surface area contributed by atoms with Crippen molar-refractivity contribution in [2.24, 2.45) is 0 Å². The number of hydrogen-bond donors (Lipinski definition) is 1. The van der Waals surface area contributed by atoms with Crippen LogP contribution in [0, 0.1) is 0 Å². The predicted octanol–water partition coefficient (Wildman–Crippen LogP) is 0.832. The lowest BCUT2D eigenvalue weighted by Crippen LogP contribution is -2.42. The summed E-state index contributed by atoms with van der Waals surface area (Å²) in [5.74, 6) is -0.230. The molecule has 4 atom stereocenters. The number of rotatable bonds is 4. The van der Waals surface area contributed by atoms with Crippen molar-refractivity contribution in [3.05, 3.63) is 0 Å². The molecule has 2 heterocycles. The molecule has 0 aromatic carbocycles. The third-order valence-electron chi connectivity index (χ3n) is 3.12. The first-order valence-electron chi connectivity index (χ1n) is 5.31. The molecule has 0 aliphatic carbocycles. The highest BCUT2D eigenvalue weighted by molar-refractivity contribution is 9.10. The van der Waals surface area contributed by atoms with Gasteiger partial charge in [0.2, 0.25) is 0 Å². The monoisotopic (exact) mass is 277 g/mol. The Morgan fingerprint density at radius 1 is 1.67 bits per heavy atom. The molecule has 0 aromatic heterocycles. The minimum absolute atomic E-state index is 0.230. The zero-order valence-electron chi connectivity index (χ0n) is 8.74. The summed E-state index contributed by atoms with van der Waals surface area (Å²) in [5.41, 5.74) is 0. The van der Waals surface area contributed by atoms with Crippen LogP contribution in [0.1, 0.15) is 19.3 Å². The molecule has 4 unspecified atom stereocenters. The summed E-state index contributed by atoms with van der Waals surface area (Å²) in [6, 6.07) is 0.411. The molecule has 1 N–H and O–H groups in total. The molecule has 15 heavy (non-hydrogen) atoms. The summed E-state index contributed by atoms with van der Waals surface area (Å²) >= 11 is 3.29. The number of halogens is 1. The van der Waals surface area contributed by atoms with Gasteiger partial charge in [-0.25, -0.2) is 0 Å². The van der Waals surface area contributed by atoms with Crippen molar-refractivity contribution < 1.29 is 14.3 Å². The lowest BCUT2D eigenvalue weighted by Gasteiger charge is -2.21. The van der Waals surface area contributed by atoms with Crippen molar-refractivity contribution in [2.75, 3.05) is 13.7 Å². The Labute approximate surface area is 97.8 Å². The Balaban J connectivity index is 1.72. The van der Waals surface area contributed by atoms with E-state index in [1.807, 2.05) is 0 Å². The summed E-state index contributed by atoms with van der Waals surface area (Å²) in [7, 11) is 1.40. The van der Waals surface area contributed by atoms with Gasteiger partial charge < -0.3 is 14.8 Å². The normalized spacial score (nSPS) is 35.5.